The van der Waals surface area contributed by atoms with Crippen molar-refractivity contribution in [3.05, 3.63) is 41.5 Å². The van der Waals surface area contributed by atoms with Crippen molar-refractivity contribution < 1.29 is 9.84 Å². The largest absolute Gasteiger partial charge is 0.491 e. The summed E-state index contributed by atoms with van der Waals surface area (Å²) in [5.41, 5.74) is 2.12. The van der Waals surface area contributed by atoms with E-state index < -0.39 is 6.10 Å². The lowest BCUT2D eigenvalue weighted by atomic mass is 9.92. The molecule has 0 saturated carbocycles. The number of rotatable bonds is 4. The number of hydrogen-bond donors (Lipinski definition) is 1. The average molecular weight is 246 g/mol. The third-order valence-electron chi connectivity index (χ3n) is 3.24. The zero-order chi connectivity index (χ0) is 13.0. The van der Waals surface area contributed by atoms with Gasteiger partial charge in [0.25, 0.3) is 0 Å². The van der Waals surface area contributed by atoms with Crippen molar-refractivity contribution in [2.24, 2.45) is 0 Å². The molecule has 18 heavy (non-hydrogen) atoms. The lowest BCUT2D eigenvalue weighted by molar-refractivity contribution is 0.207. The number of benzene rings is 1. The van der Waals surface area contributed by atoms with E-state index in [2.05, 4.69) is 6.08 Å². The van der Waals surface area contributed by atoms with Crippen molar-refractivity contribution in [1.82, 2.24) is 0 Å². The Bertz CT molecular complexity index is 404. The molecule has 0 heterocycles. The van der Waals surface area contributed by atoms with Gasteiger partial charge < -0.3 is 9.84 Å². The monoisotopic (exact) mass is 246 g/mol. The predicted molar refractivity (Wildman–Crippen MR) is 73.7 cm³/mol. The third-order valence-corrected chi connectivity index (χ3v) is 3.24. The van der Waals surface area contributed by atoms with Crippen molar-refractivity contribution in [3.8, 4) is 5.75 Å². The molecule has 1 unspecified atom stereocenters. The summed E-state index contributed by atoms with van der Waals surface area (Å²) in [6.07, 6.45) is 6.48. The van der Waals surface area contributed by atoms with Gasteiger partial charge in [-0.25, -0.2) is 0 Å². The Hall–Kier alpha value is -1.28. The highest BCUT2D eigenvalue weighted by atomic mass is 16.5. The summed E-state index contributed by atoms with van der Waals surface area (Å²) in [7, 11) is 0. The first-order chi connectivity index (χ1) is 8.66. The van der Waals surface area contributed by atoms with Gasteiger partial charge in [-0.15, -0.1) is 0 Å². The fraction of sp³-hybridized carbons (Fsp3) is 0.500. The van der Waals surface area contributed by atoms with Gasteiger partial charge in [-0.2, -0.15) is 0 Å². The first-order valence-electron chi connectivity index (χ1n) is 6.80. The maximum absolute atomic E-state index is 10.3. The Kier molecular flexibility index (Phi) is 4.43. The molecule has 0 spiro atoms. The first kappa shape index (κ1) is 13.2. The minimum absolute atomic E-state index is 0.182. The molecule has 0 radical (unpaired) electrons. The lowest BCUT2D eigenvalue weighted by Gasteiger charge is -2.19. The number of hydrogen-bond acceptors (Lipinski definition) is 2. The summed E-state index contributed by atoms with van der Waals surface area (Å²) in [5.74, 6) is 0.860. The summed E-state index contributed by atoms with van der Waals surface area (Å²) in [6, 6.07) is 7.78. The van der Waals surface area contributed by atoms with Gasteiger partial charge >= 0.3 is 0 Å². The smallest absolute Gasteiger partial charge is 0.119 e. The minimum Gasteiger partial charge on any atom is -0.491 e. The second-order valence-electron chi connectivity index (χ2n) is 5.16. The molecule has 0 saturated heterocycles. The number of allylic oxidation sites excluding steroid dienone is 1. The first-order valence-corrected chi connectivity index (χ1v) is 6.80. The highest BCUT2D eigenvalue weighted by Crippen LogP contribution is 2.30. The van der Waals surface area contributed by atoms with Gasteiger partial charge in [0.2, 0.25) is 0 Å². The van der Waals surface area contributed by atoms with Gasteiger partial charge in [-0.3, -0.25) is 0 Å². The van der Waals surface area contributed by atoms with E-state index in [9.17, 15) is 5.11 Å². The number of ether oxygens (including phenoxy) is 1. The van der Waals surface area contributed by atoms with Crippen LogP contribution >= 0.6 is 0 Å². The second-order valence-corrected chi connectivity index (χ2v) is 5.16. The van der Waals surface area contributed by atoms with E-state index in [4.69, 9.17) is 4.74 Å². The summed E-state index contributed by atoms with van der Waals surface area (Å²) in [5, 5.41) is 10.3. The summed E-state index contributed by atoms with van der Waals surface area (Å²) < 4.78 is 5.60. The van der Waals surface area contributed by atoms with Crippen LogP contribution in [0.5, 0.6) is 5.75 Å². The Morgan fingerprint density at radius 1 is 1.11 bits per heavy atom. The van der Waals surface area contributed by atoms with Crippen molar-refractivity contribution in [1.29, 1.82) is 0 Å². The van der Waals surface area contributed by atoms with E-state index in [1.165, 1.54) is 18.4 Å². The third kappa shape index (κ3) is 3.36. The topological polar surface area (TPSA) is 29.5 Å². The molecule has 1 atom stereocenters. The molecule has 98 valence electrons. The van der Waals surface area contributed by atoms with Gasteiger partial charge in [0.15, 0.2) is 0 Å². The molecule has 1 aromatic rings. The van der Waals surface area contributed by atoms with Gasteiger partial charge in [0.05, 0.1) is 6.10 Å². The standard InChI is InChI=1S/C16H22O2/c1-12(2)18-15-10-8-14(9-11-15)16(17)13-6-4-3-5-7-13/h6,8-12,16-17H,3-5,7H2,1-2H3. The van der Waals surface area contributed by atoms with Crippen LogP contribution < -0.4 is 4.74 Å². The van der Waals surface area contributed by atoms with E-state index >= 15 is 0 Å². The normalized spacial score (nSPS) is 17.4. The van der Waals surface area contributed by atoms with E-state index in [-0.39, 0.29) is 6.10 Å². The van der Waals surface area contributed by atoms with Crippen molar-refractivity contribution in [2.45, 2.75) is 51.7 Å². The van der Waals surface area contributed by atoms with E-state index in [1.807, 2.05) is 38.1 Å². The summed E-state index contributed by atoms with van der Waals surface area (Å²) in [4.78, 5) is 0. The van der Waals surface area contributed by atoms with E-state index in [0.29, 0.717) is 0 Å². The predicted octanol–water partition coefficient (Wildman–Crippen LogP) is 4.01. The molecule has 1 aliphatic rings. The van der Waals surface area contributed by atoms with Crippen LogP contribution in [0.15, 0.2) is 35.9 Å². The van der Waals surface area contributed by atoms with Crippen LogP contribution in [0.2, 0.25) is 0 Å². The molecule has 0 aliphatic heterocycles. The maximum Gasteiger partial charge on any atom is 0.119 e. The number of aliphatic hydroxyl groups excluding tert-OH is 1. The molecule has 2 heteroatoms. The minimum atomic E-state index is -0.446. The van der Waals surface area contributed by atoms with E-state index in [0.717, 1.165) is 24.2 Å². The zero-order valence-electron chi connectivity index (χ0n) is 11.2. The van der Waals surface area contributed by atoms with Crippen molar-refractivity contribution in [2.75, 3.05) is 0 Å². The fourth-order valence-corrected chi connectivity index (χ4v) is 2.33. The summed E-state index contributed by atoms with van der Waals surface area (Å²) >= 11 is 0. The Morgan fingerprint density at radius 2 is 1.83 bits per heavy atom. The maximum atomic E-state index is 10.3. The van der Waals surface area contributed by atoms with Crippen LogP contribution in [0.25, 0.3) is 0 Å². The molecule has 0 aromatic heterocycles. The Balaban J connectivity index is 2.06. The fourth-order valence-electron chi connectivity index (χ4n) is 2.33. The van der Waals surface area contributed by atoms with Crippen LogP contribution in [-0.2, 0) is 0 Å². The second kappa shape index (κ2) is 6.05. The van der Waals surface area contributed by atoms with Gasteiger partial charge in [-0.05, 0) is 62.8 Å². The summed E-state index contributed by atoms with van der Waals surface area (Å²) in [6.45, 7) is 4.02. The highest BCUT2D eigenvalue weighted by molar-refractivity contribution is 5.32. The average Bonchev–Trinajstić information content (AvgIpc) is 2.39. The van der Waals surface area contributed by atoms with Crippen molar-refractivity contribution in [3.63, 3.8) is 0 Å². The molecular formula is C16H22O2. The zero-order valence-corrected chi connectivity index (χ0v) is 11.2. The quantitative estimate of drug-likeness (QED) is 0.813. The van der Waals surface area contributed by atoms with Crippen molar-refractivity contribution >= 4 is 0 Å². The SMILES string of the molecule is CC(C)Oc1ccc(C(O)C2=CCCCC2)cc1. The molecule has 0 amide bonds. The van der Waals surface area contributed by atoms with Gasteiger partial charge in [-0.1, -0.05) is 18.2 Å². The van der Waals surface area contributed by atoms with Gasteiger partial charge in [0.1, 0.15) is 11.9 Å². The molecule has 0 fully saturated rings. The van der Waals surface area contributed by atoms with Crippen LogP contribution in [-0.4, -0.2) is 11.2 Å². The van der Waals surface area contributed by atoms with Crippen LogP contribution in [0.1, 0.15) is 51.2 Å². The van der Waals surface area contributed by atoms with E-state index in [1.54, 1.807) is 0 Å². The molecular weight excluding hydrogens is 224 g/mol. The molecule has 1 aromatic carbocycles. The molecule has 1 N–H and O–H groups in total. The molecule has 2 rings (SSSR count). The van der Waals surface area contributed by atoms with Crippen LogP contribution in [0.3, 0.4) is 0 Å². The van der Waals surface area contributed by atoms with Crippen LogP contribution in [0.4, 0.5) is 0 Å². The Morgan fingerprint density at radius 3 is 2.39 bits per heavy atom. The molecule has 0 bridgehead atoms. The molecule has 2 nitrogen and oxygen atoms in total. The molecule has 1 aliphatic carbocycles. The highest BCUT2D eigenvalue weighted by Gasteiger charge is 2.15. The van der Waals surface area contributed by atoms with Crippen LogP contribution in [0, 0.1) is 0 Å². The lowest BCUT2D eigenvalue weighted by Crippen LogP contribution is -2.07. The number of aliphatic hydroxyl groups is 1. The Labute approximate surface area is 109 Å². The van der Waals surface area contributed by atoms with Gasteiger partial charge in [0, 0.05) is 0 Å².